The molecule has 0 unspecified atom stereocenters. The fraction of sp³-hybridized carbons (Fsp3) is 0.185. The summed E-state index contributed by atoms with van der Waals surface area (Å²) in [5.74, 6) is 0. The van der Waals surface area contributed by atoms with E-state index in [0.29, 0.717) is 11.1 Å². The Hall–Kier alpha value is -4.28. The molecule has 0 bridgehead atoms. The van der Waals surface area contributed by atoms with E-state index in [4.69, 9.17) is 10.1 Å². The van der Waals surface area contributed by atoms with Gasteiger partial charge in [0.25, 0.3) is 0 Å². The monoisotopic (exact) mass is 445 g/mol. The van der Waals surface area contributed by atoms with Gasteiger partial charge in [-0.1, -0.05) is 30.3 Å². The van der Waals surface area contributed by atoms with E-state index < -0.39 is 0 Å². The second kappa shape index (κ2) is 8.25. The number of benzene rings is 2. The predicted molar refractivity (Wildman–Crippen MR) is 134 cm³/mol. The molecule has 0 saturated carbocycles. The van der Waals surface area contributed by atoms with Crippen LogP contribution >= 0.6 is 0 Å². The molecule has 1 N–H and O–H groups in total. The Morgan fingerprint density at radius 3 is 2.62 bits per heavy atom. The highest BCUT2D eigenvalue weighted by Gasteiger charge is 2.15. The first-order chi connectivity index (χ1) is 16.7. The third-order valence-corrected chi connectivity index (χ3v) is 6.44. The summed E-state index contributed by atoms with van der Waals surface area (Å²) in [5, 5.41) is 18.7. The molecular weight excluding hydrogens is 422 g/mol. The minimum atomic E-state index is 0.559. The summed E-state index contributed by atoms with van der Waals surface area (Å²) in [4.78, 5) is 11.8. The average Bonchev–Trinajstić information content (AvgIpc) is 3.30. The van der Waals surface area contributed by atoms with E-state index in [1.807, 2.05) is 35.7 Å². The maximum Gasteiger partial charge on any atom is 0.154 e. The lowest BCUT2D eigenvalue weighted by Crippen LogP contribution is -2.43. The Morgan fingerprint density at radius 2 is 1.82 bits per heavy atom. The molecule has 7 heteroatoms. The van der Waals surface area contributed by atoms with Crippen molar-refractivity contribution in [3.63, 3.8) is 0 Å². The summed E-state index contributed by atoms with van der Waals surface area (Å²) < 4.78 is 1.83. The van der Waals surface area contributed by atoms with Gasteiger partial charge in [-0.3, -0.25) is 0 Å². The van der Waals surface area contributed by atoms with E-state index in [1.54, 1.807) is 12.3 Å². The number of fused-ring (bicyclic) bond motifs is 2. The molecular formula is C27H23N7. The molecule has 1 aliphatic heterocycles. The highest BCUT2D eigenvalue weighted by molar-refractivity contribution is 5.86. The number of nitrogens with one attached hydrogen (secondary N) is 1. The smallest absolute Gasteiger partial charge is 0.154 e. The summed E-state index contributed by atoms with van der Waals surface area (Å²) >= 11 is 0. The van der Waals surface area contributed by atoms with E-state index >= 15 is 0 Å². The molecule has 166 valence electrons. The zero-order valence-electron chi connectivity index (χ0n) is 18.9. The molecule has 1 saturated heterocycles. The first kappa shape index (κ1) is 20.3. The van der Waals surface area contributed by atoms with E-state index in [9.17, 15) is 5.26 Å². The van der Waals surface area contributed by atoms with Crippen LogP contribution in [0.2, 0.25) is 0 Å². The van der Waals surface area contributed by atoms with Gasteiger partial charge in [0.1, 0.15) is 11.8 Å². The van der Waals surface area contributed by atoms with E-state index in [0.717, 1.165) is 65.4 Å². The first-order valence-corrected chi connectivity index (χ1v) is 11.4. The molecule has 0 radical (unpaired) electrons. The number of piperazine rings is 1. The highest BCUT2D eigenvalue weighted by Crippen LogP contribution is 2.29. The second-order valence-electron chi connectivity index (χ2n) is 8.53. The number of rotatable bonds is 3. The van der Waals surface area contributed by atoms with Crippen LogP contribution in [0.15, 0.2) is 66.9 Å². The Labute approximate surface area is 197 Å². The van der Waals surface area contributed by atoms with Gasteiger partial charge in [0, 0.05) is 42.8 Å². The summed E-state index contributed by atoms with van der Waals surface area (Å²) in [6, 6.07) is 22.6. The van der Waals surface area contributed by atoms with Crippen LogP contribution in [0, 0.1) is 18.3 Å². The Balaban J connectivity index is 1.38. The van der Waals surface area contributed by atoms with Crippen LogP contribution < -0.4 is 10.2 Å². The summed E-state index contributed by atoms with van der Waals surface area (Å²) in [5.41, 5.74) is 7.90. The van der Waals surface area contributed by atoms with Crippen LogP contribution in [0.1, 0.15) is 11.3 Å². The molecule has 0 spiro atoms. The number of imidazole rings is 1. The van der Waals surface area contributed by atoms with Crippen molar-refractivity contribution in [3.05, 3.63) is 78.1 Å². The van der Waals surface area contributed by atoms with Crippen molar-refractivity contribution in [2.45, 2.75) is 6.92 Å². The number of anilines is 1. The van der Waals surface area contributed by atoms with Crippen LogP contribution in [-0.2, 0) is 0 Å². The number of aryl methyl sites for hydroxylation is 1. The number of nitriles is 1. The standard InChI is InChI=1S/C27H23N7/c1-18-23(19-5-8-22(9-6-19)33-13-11-29-12-14-33)15-26-30-17-25(34(26)32-18)24-10-7-20-3-2-4-21(16-28)27(20)31-24/h2-10,15,17,29H,11-14H2,1H3. The van der Waals surface area contributed by atoms with E-state index in [2.05, 4.69) is 51.6 Å². The molecule has 6 rings (SSSR count). The Morgan fingerprint density at radius 1 is 1.00 bits per heavy atom. The number of hydrogen-bond donors (Lipinski definition) is 1. The van der Waals surface area contributed by atoms with Crippen molar-refractivity contribution < 1.29 is 0 Å². The van der Waals surface area contributed by atoms with Crippen LogP contribution in [-0.4, -0.2) is 45.8 Å². The maximum atomic E-state index is 9.47. The van der Waals surface area contributed by atoms with Crippen LogP contribution in [0.5, 0.6) is 0 Å². The van der Waals surface area contributed by atoms with Gasteiger partial charge >= 0.3 is 0 Å². The van der Waals surface area contributed by atoms with Crippen LogP contribution in [0.4, 0.5) is 5.69 Å². The molecule has 5 aromatic rings. The Bertz CT molecular complexity index is 1550. The maximum absolute atomic E-state index is 9.47. The van der Waals surface area contributed by atoms with Crippen LogP contribution in [0.25, 0.3) is 39.1 Å². The van der Waals surface area contributed by atoms with Crippen molar-refractivity contribution in [2.75, 3.05) is 31.1 Å². The molecule has 34 heavy (non-hydrogen) atoms. The molecule has 0 aliphatic carbocycles. The van der Waals surface area contributed by atoms with Crippen molar-refractivity contribution in [1.82, 2.24) is 24.9 Å². The van der Waals surface area contributed by atoms with Gasteiger partial charge in [-0.15, -0.1) is 0 Å². The van der Waals surface area contributed by atoms with Gasteiger partial charge < -0.3 is 10.2 Å². The normalized spacial score (nSPS) is 13.9. The van der Waals surface area contributed by atoms with Crippen molar-refractivity contribution in [1.29, 1.82) is 5.26 Å². The van der Waals surface area contributed by atoms with E-state index in [-0.39, 0.29) is 0 Å². The third kappa shape index (κ3) is 3.45. The minimum Gasteiger partial charge on any atom is -0.369 e. The zero-order valence-corrected chi connectivity index (χ0v) is 18.9. The summed E-state index contributed by atoms with van der Waals surface area (Å²) in [7, 11) is 0. The molecule has 3 aromatic heterocycles. The number of pyridine rings is 1. The fourth-order valence-corrected chi connectivity index (χ4v) is 4.62. The number of hydrogen-bond acceptors (Lipinski definition) is 6. The molecule has 0 amide bonds. The predicted octanol–water partition coefficient (Wildman–Crippen LogP) is 4.20. The lowest BCUT2D eigenvalue weighted by atomic mass is 10.0. The summed E-state index contributed by atoms with van der Waals surface area (Å²) in [6.45, 7) is 6.12. The average molecular weight is 446 g/mol. The molecule has 1 aliphatic rings. The SMILES string of the molecule is Cc1nn2c(-c3ccc4cccc(C#N)c4n3)cnc2cc1-c1ccc(N2CCNCC2)cc1. The first-order valence-electron chi connectivity index (χ1n) is 11.4. The highest BCUT2D eigenvalue weighted by atomic mass is 15.3. The summed E-state index contributed by atoms with van der Waals surface area (Å²) in [6.07, 6.45) is 1.79. The van der Waals surface area contributed by atoms with Crippen molar-refractivity contribution in [2.24, 2.45) is 0 Å². The Kier molecular flexibility index (Phi) is 4.93. The quantitative estimate of drug-likeness (QED) is 0.448. The van der Waals surface area contributed by atoms with Crippen molar-refractivity contribution >= 4 is 22.2 Å². The molecule has 4 heterocycles. The fourth-order valence-electron chi connectivity index (χ4n) is 4.62. The lowest BCUT2D eigenvalue weighted by molar-refractivity contribution is 0.589. The number of aromatic nitrogens is 4. The van der Waals surface area contributed by atoms with Crippen molar-refractivity contribution in [3.8, 4) is 28.6 Å². The second-order valence-corrected chi connectivity index (χ2v) is 8.53. The topological polar surface area (TPSA) is 82.1 Å². The molecule has 2 aromatic carbocycles. The number of para-hydroxylation sites is 1. The largest absolute Gasteiger partial charge is 0.369 e. The third-order valence-electron chi connectivity index (χ3n) is 6.44. The van der Waals surface area contributed by atoms with Gasteiger partial charge in [0.2, 0.25) is 0 Å². The number of nitrogens with zero attached hydrogens (tertiary/aromatic N) is 6. The van der Waals surface area contributed by atoms with Gasteiger partial charge in [0.05, 0.1) is 28.7 Å². The van der Waals surface area contributed by atoms with E-state index in [1.165, 1.54) is 5.69 Å². The van der Waals surface area contributed by atoms with Gasteiger partial charge in [-0.05, 0) is 42.8 Å². The van der Waals surface area contributed by atoms with Gasteiger partial charge in [-0.25, -0.2) is 14.5 Å². The van der Waals surface area contributed by atoms with Crippen LogP contribution in [0.3, 0.4) is 0 Å². The minimum absolute atomic E-state index is 0.559. The van der Waals surface area contributed by atoms with Gasteiger partial charge in [0.15, 0.2) is 5.65 Å². The molecule has 1 fully saturated rings. The van der Waals surface area contributed by atoms with Gasteiger partial charge in [-0.2, -0.15) is 10.4 Å². The lowest BCUT2D eigenvalue weighted by Gasteiger charge is -2.29. The zero-order chi connectivity index (χ0) is 23.1. The molecule has 0 atom stereocenters. The molecule has 7 nitrogen and oxygen atoms in total.